The molecule has 0 atom stereocenters. The molecule has 0 saturated heterocycles. The maximum atomic E-state index is 12.9. The highest BCUT2D eigenvalue weighted by Gasteiger charge is 2.33. The molecule has 31 heavy (non-hydrogen) atoms. The van der Waals surface area contributed by atoms with E-state index < -0.39 is 0 Å². The van der Waals surface area contributed by atoms with Crippen molar-refractivity contribution >= 4 is 34.1 Å². The van der Waals surface area contributed by atoms with Crippen LogP contribution in [0, 0.1) is 11.8 Å². The summed E-state index contributed by atoms with van der Waals surface area (Å²) in [5.74, 6) is 2.70. The van der Waals surface area contributed by atoms with Crippen LogP contribution in [0.1, 0.15) is 49.9 Å². The van der Waals surface area contributed by atoms with Gasteiger partial charge in [-0.05, 0) is 55.7 Å². The third-order valence-corrected chi connectivity index (χ3v) is 6.28. The standard InChI is InChI=1S/C24H28N6O/c1-14(2)16-9-18(10-16)28-24(31)19-13-26-23(11-21(19)27-17-4-5-17)30-22-6-3-15-12-25-8-7-20(15)29-22/h3,6-8,11-14,16-18H,4-5,9-10H2,1-2H3,(H,28,31)(H2,26,27,29,30). The van der Waals surface area contributed by atoms with Crippen LogP contribution < -0.4 is 16.0 Å². The summed E-state index contributed by atoms with van der Waals surface area (Å²) in [5.41, 5.74) is 2.29. The first-order chi connectivity index (χ1) is 15.0. The van der Waals surface area contributed by atoms with E-state index in [0.717, 1.165) is 42.3 Å². The van der Waals surface area contributed by atoms with Gasteiger partial charge in [0.2, 0.25) is 0 Å². The first-order valence-electron chi connectivity index (χ1n) is 11.1. The molecule has 160 valence electrons. The van der Waals surface area contributed by atoms with Crippen molar-refractivity contribution in [3.8, 4) is 0 Å². The van der Waals surface area contributed by atoms with Crippen molar-refractivity contribution in [2.24, 2.45) is 11.8 Å². The third-order valence-electron chi connectivity index (χ3n) is 6.28. The van der Waals surface area contributed by atoms with Gasteiger partial charge in [-0.15, -0.1) is 0 Å². The van der Waals surface area contributed by atoms with Gasteiger partial charge in [-0.25, -0.2) is 9.97 Å². The zero-order valence-electron chi connectivity index (χ0n) is 17.9. The number of carbonyl (C=O) groups is 1. The number of carbonyl (C=O) groups excluding carboxylic acids is 1. The highest BCUT2D eigenvalue weighted by molar-refractivity contribution is 6.00. The second-order valence-corrected chi connectivity index (χ2v) is 9.07. The number of fused-ring (bicyclic) bond motifs is 1. The Kier molecular flexibility index (Phi) is 5.18. The second-order valence-electron chi connectivity index (χ2n) is 9.07. The minimum Gasteiger partial charge on any atom is -0.382 e. The van der Waals surface area contributed by atoms with Crippen LogP contribution in [-0.4, -0.2) is 32.9 Å². The van der Waals surface area contributed by atoms with E-state index >= 15 is 0 Å². The Hall–Kier alpha value is -3.22. The molecule has 2 fully saturated rings. The molecule has 5 rings (SSSR count). The molecule has 3 N–H and O–H groups in total. The van der Waals surface area contributed by atoms with Gasteiger partial charge in [0.15, 0.2) is 0 Å². The highest BCUT2D eigenvalue weighted by Crippen LogP contribution is 2.34. The molecule has 7 nitrogen and oxygen atoms in total. The second kappa shape index (κ2) is 8.13. The fourth-order valence-electron chi connectivity index (χ4n) is 4.03. The lowest BCUT2D eigenvalue weighted by Gasteiger charge is -2.38. The van der Waals surface area contributed by atoms with Crippen molar-refractivity contribution in [1.29, 1.82) is 0 Å². The van der Waals surface area contributed by atoms with E-state index in [2.05, 4.69) is 44.7 Å². The van der Waals surface area contributed by atoms with Crippen molar-refractivity contribution in [3.05, 3.63) is 48.4 Å². The zero-order chi connectivity index (χ0) is 21.4. The molecule has 0 spiro atoms. The first kappa shape index (κ1) is 19.7. The quantitative estimate of drug-likeness (QED) is 0.525. The molecule has 0 bridgehead atoms. The number of aromatic nitrogens is 3. The molecular weight excluding hydrogens is 388 g/mol. The Morgan fingerprint density at radius 2 is 1.90 bits per heavy atom. The molecule has 0 unspecified atom stereocenters. The van der Waals surface area contributed by atoms with Crippen LogP contribution in [0.15, 0.2) is 42.9 Å². The lowest BCUT2D eigenvalue weighted by atomic mass is 9.73. The van der Waals surface area contributed by atoms with Crippen molar-refractivity contribution in [1.82, 2.24) is 20.3 Å². The van der Waals surface area contributed by atoms with Gasteiger partial charge in [0, 0.05) is 42.1 Å². The summed E-state index contributed by atoms with van der Waals surface area (Å²) in [4.78, 5) is 26.2. The minimum atomic E-state index is -0.0502. The van der Waals surface area contributed by atoms with E-state index in [1.54, 1.807) is 18.6 Å². The van der Waals surface area contributed by atoms with Crippen molar-refractivity contribution < 1.29 is 4.79 Å². The lowest BCUT2D eigenvalue weighted by molar-refractivity contribution is 0.0863. The van der Waals surface area contributed by atoms with E-state index in [-0.39, 0.29) is 11.9 Å². The van der Waals surface area contributed by atoms with Crippen LogP contribution in [-0.2, 0) is 0 Å². The Balaban J connectivity index is 1.33. The Bertz CT molecular complexity index is 1100. The van der Waals surface area contributed by atoms with Crippen molar-refractivity contribution in [2.45, 2.75) is 51.6 Å². The number of rotatable bonds is 7. The van der Waals surface area contributed by atoms with E-state index in [4.69, 9.17) is 0 Å². The predicted molar refractivity (Wildman–Crippen MR) is 123 cm³/mol. The lowest BCUT2D eigenvalue weighted by Crippen LogP contribution is -2.45. The summed E-state index contributed by atoms with van der Waals surface area (Å²) >= 11 is 0. The Morgan fingerprint density at radius 3 is 2.68 bits per heavy atom. The molecule has 3 aromatic rings. The topological polar surface area (TPSA) is 91.8 Å². The Labute approximate surface area is 182 Å². The monoisotopic (exact) mass is 416 g/mol. The fourth-order valence-corrected chi connectivity index (χ4v) is 4.03. The van der Waals surface area contributed by atoms with Gasteiger partial charge in [-0.1, -0.05) is 13.8 Å². The van der Waals surface area contributed by atoms with Gasteiger partial charge < -0.3 is 16.0 Å². The highest BCUT2D eigenvalue weighted by atomic mass is 16.1. The molecule has 0 radical (unpaired) electrons. The molecule has 0 aliphatic heterocycles. The van der Waals surface area contributed by atoms with Crippen LogP contribution >= 0.6 is 0 Å². The van der Waals surface area contributed by atoms with Gasteiger partial charge >= 0.3 is 0 Å². The summed E-state index contributed by atoms with van der Waals surface area (Å²) in [5, 5.41) is 10.9. The number of amides is 1. The fraction of sp³-hybridized carbons (Fsp3) is 0.417. The minimum absolute atomic E-state index is 0.0502. The normalized spacial score (nSPS) is 20.4. The number of anilines is 3. The first-order valence-corrected chi connectivity index (χ1v) is 11.1. The predicted octanol–water partition coefficient (Wildman–Crippen LogP) is 4.51. The number of pyridine rings is 3. The number of nitrogens with zero attached hydrogens (tertiary/aromatic N) is 3. The summed E-state index contributed by atoms with van der Waals surface area (Å²) in [6.45, 7) is 4.49. The maximum absolute atomic E-state index is 12.9. The van der Waals surface area contributed by atoms with Gasteiger partial charge in [-0.2, -0.15) is 0 Å². The average Bonchev–Trinajstić information content (AvgIpc) is 3.54. The molecule has 1 amide bonds. The molecule has 3 heterocycles. The summed E-state index contributed by atoms with van der Waals surface area (Å²) < 4.78 is 0. The molecule has 2 saturated carbocycles. The number of hydrogen-bond donors (Lipinski definition) is 3. The zero-order valence-corrected chi connectivity index (χ0v) is 17.9. The van der Waals surface area contributed by atoms with Gasteiger partial charge in [0.25, 0.3) is 5.91 Å². The van der Waals surface area contributed by atoms with E-state index in [1.807, 2.05) is 24.3 Å². The van der Waals surface area contributed by atoms with Crippen LogP contribution in [0.3, 0.4) is 0 Å². The summed E-state index contributed by atoms with van der Waals surface area (Å²) in [7, 11) is 0. The SMILES string of the molecule is CC(C)C1CC(NC(=O)c2cnc(Nc3ccc4cnccc4n3)cc2NC2CC2)C1. The smallest absolute Gasteiger partial charge is 0.255 e. The number of nitrogens with one attached hydrogen (secondary N) is 3. The van der Waals surface area contributed by atoms with E-state index in [1.165, 1.54) is 0 Å². The Morgan fingerprint density at radius 1 is 1.06 bits per heavy atom. The van der Waals surface area contributed by atoms with Crippen LogP contribution in [0.4, 0.5) is 17.3 Å². The van der Waals surface area contributed by atoms with Crippen molar-refractivity contribution in [2.75, 3.05) is 10.6 Å². The van der Waals surface area contributed by atoms with Crippen LogP contribution in [0.25, 0.3) is 10.9 Å². The van der Waals surface area contributed by atoms with E-state index in [0.29, 0.717) is 35.1 Å². The molecule has 3 aromatic heterocycles. The molecule has 2 aliphatic rings. The summed E-state index contributed by atoms with van der Waals surface area (Å²) in [6, 6.07) is 8.37. The summed E-state index contributed by atoms with van der Waals surface area (Å²) in [6.07, 6.45) is 9.56. The van der Waals surface area contributed by atoms with Gasteiger partial charge in [0.1, 0.15) is 11.6 Å². The molecule has 0 aromatic carbocycles. The average molecular weight is 417 g/mol. The third kappa shape index (κ3) is 4.45. The molecule has 7 heteroatoms. The van der Waals surface area contributed by atoms with Crippen LogP contribution in [0.5, 0.6) is 0 Å². The van der Waals surface area contributed by atoms with Gasteiger partial charge in [-0.3, -0.25) is 9.78 Å². The van der Waals surface area contributed by atoms with E-state index in [9.17, 15) is 4.79 Å². The van der Waals surface area contributed by atoms with Crippen LogP contribution in [0.2, 0.25) is 0 Å². The largest absolute Gasteiger partial charge is 0.382 e. The maximum Gasteiger partial charge on any atom is 0.255 e. The van der Waals surface area contributed by atoms with Gasteiger partial charge in [0.05, 0.1) is 16.8 Å². The number of hydrogen-bond acceptors (Lipinski definition) is 6. The molecular formula is C24H28N6O. The molecule has 2 aliphatic carbocycles. The van der Waals surface area contributed by atoms with Crippen molar-refractivity contribution in [3.63, 3.8) is 0 Å².